The lowest BCUT2D eigenvalue weighted by Crippen LogP contribution is -2.05. The van der Waals surface area contributed by atoms with Crippen molar-refractivity contribution in [1.29, 1.82) is 0 Å². The minimum absolute atomic E-state index is 0.624. The first-order chi connectivity index (χ1) is 3.90. The largest absolute Gasteiger partial charge is 0.381 e. The van der Waals surface area contributed by atoms with Gasteiger partial charge in [-0.2, -0.15) is 0 Å². The number of rotatable bonds is 1. The summed E-state index contributed by atoms with van der Waals surface area (Å²) in [5, 5.41) is 0. The highest BCUT2D eigenvalue weighted by Gasteiger charge is 2.45. The van der Waals surface area contributed by atoms with E-state index in [1.807, 2.05) is 7.11 Å². The normalized spacial score (nSPS) is 51.4. The zero-order valence-electron chi connectivity index (χ0n) is 5.26. The zero-order chi connectivity index (χ0) is 5.56. The van der Waals surface area contributed by atoms with Crippen LogP contribution in [-0.2, 0) is 4.74 Å². The highest BCUT2D eigenvalue weighted by molar-refractivity contribution is 4.96. The quantitative estimate of drug-likeness (QED) is 0.498. The fourth-order valence-corrected chi connectivity index (χ4v) is 1.85. The summed E-state index contributed by atoms with van der Waals surface area (Å²) >= 11 is 0. The van der Waals surface area contributed by atoms with Crippen LogP contribution >= 0.6 is 0 Å². The summed E-state index contributed by atoms with van der Waals surface area (Å²) in [6, 6.07) is 0. The molecule has 2 fully saturated rings. The summed E-state index contributed by atoms with van der Waals surface area (Å²) in [6.07, 6.45) is 4.82. The van der Waals surface area contributed by atoms with E-state index in [9.17, 15) is 0 Å². The summed E-state index contributed by atoms with van der Waals surface area (Å²) in [4.78, 5) is 0. The van der Waals surface area contributed by atoms with Crippen molar-refractivity contribution in [3.05, 3.63) is 0 Å². The van der Waals surface area contributed by atoms with Crippen LogP contribution in [0.5, 0.6) is 0 Å². The molecule has 0 aliphatic heterocycles. The Balaban J connectivity index is 1.89. The van der Waals surface area contributed by atoms with Gasteiger partial charge in [0.2, 0.25) is 0 Å². The van der Waals surface area contributed by atoms with Crippen LogP contribution in [0.25, 0.3) is 0 Å². The zero-order valence-corrected chi connectivity index (χ0v) is 5.26. The lowest BCUT2D eigenvalue weighted by molar-refractivity contribution is 0.0982. The molecule has 0 aromatic carbocycles. The molecule has 0 N–H and O–H groups in total. The highest BCUT2D eigenvalue weighted by atomic mass is 16.5. The van der Waals surface area contributed by atoms with E-state index in [0.717, 1.165) is 11.8 Å². The number of hydrogen-bond acceptors (Lipinski definition) is 1. The van der Waals surface area contributed by atoms with Gasteiger partial charge < -0.3 is 4.74 Å². The molecular formula is C7H12O. The molecule has 46 valence electrons. The molecule has 2 aliphatic carbocycles. The van der Waals surface area contributed by atoms with Gasteiger partial charge in [0.15, 0.2) is 0 Å². The van der Waals surface area contributed by atoms with Crippen LogP contribution < -0.4 is 0 Å². The summed E-state index contributed by atoms with van der Waals surface area (Å²) < 4.78 is 5.21. The van der Waals surface area contributed by atoms with Gasteiger partial charge in [-0.15, -0.1) is 0 Å². The van der Waals surface area contributed by atoms with Crippen LogP contribution in [0, 0.1) is 11.8 Å². The molecule has 0 aromatic rings. The molecule has 0 bridgehead atoms. The Kier molecular flexibility index (Phi) is 0.884. The first kappa shape index (κ1) is 4.80. The van der Waals surface area contributed by atoms with E-state index in [4.69, 9.17) is 4.74 Å². The third-order valence-electron chi connectivity index (χ3n) is 2.53. The third-order valence-corrected chi connectivity index (χ3v) is 2.53. The van der Waals surface area contributed by atoms with Gasteiger partial charge in [-0.1, -0.05) is 0 Å². The van der Waals surface area contributed by atoms with Crippen molar-refractivity contribution in [2.45, 2.75) is 25.4 Å². The first-order valence-electron chi connectivity index (χ1n) is 3.43. The second-order valence-corrected chi connectivity index (χ2v) is 3.08. The second-order valence-electron chi connectivity index (χ2n) is 3.08. The van der Waals surface area contributed by atoms with E-state index in [2.05, 4.69) is 0 Å². The molecule has 1 nitrogen and oxygen atoms in total. The fourth-order valence-electron chi connectivity index (χ4n) is 1.85. The standard InChI is InChI=1S/C7H12O/c1-8-7-3-5-2-6(5)4-7/h5-7H,2-4H2,1H3. The molecule has 2 unspecified atom stereocenters. The molecule has 0 aromatic heterocycles. The molecule has 1 heteroatoms. The lowest BCUT2D eigenvalue weighted by atomic mass is 10.2. The van der Waals surface area contributed by atoms with Crippen LogP contribution in [0.2, 0.25) is 0 Å². The van der Waals surface area contributed by atoms with Crippen LogP contribution in [0.15, 0.2) is 0 Å². The summed E-state index contributed by atoms with van der Waals surface area (Å²) in [5.41, 5.74) is 0. The number of fused-ring (bicyclic) bond motifs is 1. The Morgan fingerprint density at radius 1 is 1.12 bits per heavy atom. The van der Waals surface area contributed by atoms with Crippen LogP contribution in [0.4, 0.5) is 0 Å². The van der Waals surface area contributed by atoms with Crippen molar-refractivity contribution in [2.24, 2.45) is 11.8 Å². The van der Waals surface area contributed by atoms with Crippen molar-refractivity contribution in [2.75, 3.05) is 7.11 Å². The molecule has 0 spiro atoms. The number of ether oxygens (including phenoxy) is 1. The van der Waals surface area contributed by atoms with Gasteiger partial charge in [-0.05, 0) is 31.1 Å². The predicted molar refractivity (Wildman–Crippen MR) is 31.6 cm³/mol. The molecule has 0 radical (unpaired) electrons. The maximum atomic E-state index is 5.21. The van der Waals surface area contributed by atoms with E-state index in [-0.39, 0.29) is 0 Å². The van der Waals surface area contributed by atoms with Gasteiger partial charge >= 0.3 is 0 Å². The summed E-state index contributed by atoms with van der Waals surface area (Å²) in [6.45, 7) is 0. The molecule has 0 amide bonds. The molecule has 2 atom stereocenters. The minimum atomic E-state index is 0.624. The van der Waals surface area contributed by atoms with Crippen LogP contribution in [0.3, 0.4) is 0 Å². The van der Waals surface area contributed by atoms with Crippen LogP contribution in [0.1, 0.15) is 19.3 Å². The van der Waals surface area contributed by atoms with Crippen molar-refractivity contribution >= 4 is 0 Å². The Morgan fingerprint density at radius 3 is 2.12 bits per heavy atom. The Labute approximate surface area is 50.0 Å². The van der Waals surface area contributed by atoms with Gasteiger partial charge in [-0.3, -0.25) is 0 Å². The molecular weight excluding hydrogens is 100 g/mol. The van der Waals surface area contributed by atoms with Crippen LogP contribution in [-0.4, -0.2) is 13.2 Å². The number of methoxy groups -OCH3 is 1. The Hall–Kier alpha value is -0.0400. The van der Waals surface area contributed by atoms with Gasteiger partial charge in [0.25, 0.3) is 0 Å². The monoisotopic (exact) mass is 112 g/mol. The summed E-state index contributed by atoms with van der Waals surface area (Å²) in [7, 11) is 1.83. The lowest BCUT2D eigenvalue weighted by Gasteiger charge is -2.06. The molecule has 2 saturated carbocycles. The van der Waals surface area contributed by atoms with Gasteiger partial charge in [-0.25, -0.2) is 0 Å². The first-order valence-corrected chi connectivity index (χ1v) is 3.43. The van der Waals surface area contributed by atoms with Crippen molar-refractivity contribution < 1.29 is 4.74 Å². The average molecular weight is 112 g/mol. The van der Waals surface area contributed by atoms with Crippen molar-refractivity contribution in [3.63, 3.8) is 0 Å². The maximum Gasteiger partial charge on any atom is 0.0576 e. The molecule has 0 heterocycles. The van der Waals surface area contributed by atoms with Crippen molar-refractivity contribution in [3.8, 4) is 0 Å². The number of hydrogen-bond donors (Lipinski definition) is 0. The third kappa shape index (κ3) is 0.576. The maximum absolute atomic E-state index is 5.21. The predicted octanol–water partition coefficient (Wildman–Crippen LogP) is 1.43. The fraction of sp³-hybridized carbons (Fsp3) is 1.00. The SMILES string of the molecule is COC1CC2CC2C1. The van der Waals surface area contributed by atoms with E-state index in [1.165, 1.54) is 19.3 Å². The van der Waals surface area contributed by atoms with E-state index >= 15 is 0 Å². The van der Waals surface area contributed by atoms with Crippen molar-refractivity contribution in [1.82, 2.24) is 0 Å². The Morgan fingerprint density at radius 2 is 1.75 bits per heavy atom. The average Bonchev–Trinajstić information content (AvgIpc) is 2.40. The molecule has 2 aliphatic rings. The topological polar surface area (TPSA) is 9.23 Å². The molecule has 0 saturated heterocycles. The van der Waals surface area contributed by atoms with Gasteiger partial charge in [0, 0.05) is 7.11 Å². The van der Waals surface area contributed by atoms with E-state index in [0.29, 0.717) is 6.10 Å². The minimum Gasteiger partial charge on any atom is -0.381 e. The van der Waals surface area contributed by atoms with Gasteiger partial charge in [0.1, 0.15) is 0 Å². The highest BCUT2D eigenvalue weighted by Crippen LogP contribution is 2.52. The summed E-state index contributed by atoms with van der Waals surface area (Å²) in [5.74, 6) is 2.14. The van der Waals surface area contributed by atoms with E-state index in [1.54, 1.807) is 0 Å². The van der Waals surface area contributed by atoms with E-state index < -0.39 is 0 Å². The smallest absolute Gasteiger partial charge is 0.0576 e. The molecule has 2 rings (SSSR count). The molecule has 8 heavy (non-hydrogen) atoms. The Bertz CT molecular complexity index is 90.6. The second kappa shape index (κ2) is 1.47. The van der Waals surface area contributed by atoms with Gasteiger partial charge in [0.05, 0.1) is 6.10 Å².